The minimum atomic E-state index is -0.939. The molecule has 0 unspecified atom stereocenters. The molecule has 0 heterocycles. The maximum Gasteiger partial charge on any atom is 0.338 e. The first kappa shape index (κ1) is 14.8. The summed E-state index contributed by atoms with van der Waals surface area (Å²) in [6.45, 7) is 1.41. The van der Waals surface area contributed by atoms with Crippen molar-refractivity contribution in [3.8, 4) is 0 Å². The van der Waals surface area contributed by atoms with Crippen molar-refractivity contribution in [1.82, 2.24) is 10.9 Å². The lowest BCUT2D eigenvalue weighted by Crippen LogP contribution is -2.44. The average molecular weight is 273 g/mol. The largest absolute Gasteiger partial charge is 0.393 e. The Morgan fingerprint density at radius 2 is 2.00 bits per heavy atom. The first-order valence-electron chi connectivity index (χ1n) is 5.37. The second kappa shape index (κ2) is 6.64. The molecule has 8 heteroatoms. The molecule has 1 aromatic rings. The summed E-state index contributed by atoms with van der Waals surface area (Å²) in [6.07, 6.45) is -1.04. The van der Waals surface area contributed by atoms with Gasteiger partial charge in [0.1, 0.15) is 11.6 Å². The fourth-order valence-corrected chi connectivity index (χ4v) is 1.19. The van der Waals surface area contributed by atoms with Crippen LogP contribution >= 0.6 is 0 Å². The van der Waals surface area contributed by atoms with Crippen molar-refractivity contribution in [3.63, 3.8) is 0 Å². The molecule has 6 nitrogen and oxygen atoms in total. The average Bonchev–Trinajstić information content (AvgIpc) is 2.29. The molecular formula is C11H13F2N3O3. The van der Waals surface area contributed by atoms with E-state index in [1.165, 1.54) is 6.92 Å². The number of hydrazine groups is 1. The lowest BCUT2D eigenvalue weighted by molar-refractivity contribution is -0.123. The van der Waals surface area contributed by atoms with Gasteiger partial charge in [-0.25, -0.2) is 19.0 Å². The van der Waals surface area contributed by atoms with Gasteiger partial charge in [0.15, 0.2) is 0 Å². The molecule has 1 rings (SSSR count). The number of amides is 3. The summed E-state index contributed by atoms with van der Waals surface area (Å²) in [5, 5.41) is 11.0. The van der Waals surface area contributed by atoms with E-state index in [0.717, 1.165) is 12.1 Å². The van der Waals surface area contributed by atoms with Crippen molar-refractivity contribution >= 4 is 17.6 Å². The second-order valence-electron chi connectivity index (χ2n) is 3.80. The Hall–Kier alpha value is -2.22. The summed E-state index contributed by atoms with van der Waals surface area (Å²) in [6, 6.07) is 1.73. The second-order valence-corrected chi connectivity index (χ2v) is 3.80. The van der Waals surface area contributed by atoms with Crippen molar-refractivity contribution in [3.05, 3.63) is 29.8 Å². The number of nitrogens with one attached hydrogen (secondary N) is 3. The van der Waals surface area contributed by atoms with Gasteiger partial charge in [0.2, 0.25) is 5.91 Å². The zero-order valence-electron chi connectivity index (χ0n) is 10.0. The number of carbonyl (C=O) groups is 2. The monoisotopic (exact) mass is 273 g/mol. The zero-order chi connectivity index (χ0) is 14.4. The van der Waals surface area contributed by atoms with Crippen molar-refractivity contribution in [2.75, 3.05) is 5.32 Å². The van der Waals surface area contributed by atoms with Crippen LogP contribution in [0.25, 0.3) is 0 Å². The highest BCUT2D eigenvalue weighted by atomic mass is 19.1. The Bertz CT molecular complexity index is 480. The van der Waals surface area contributed by atoms with Crippen LogP contribution in [0.3, 0.4) is 0 Å². The number of hydrogen-bond acceptors (Lipinski definition) is 3. The van der Waals surface area contributed by atoms with E-state index in [2.05, 4.69) is 5.32 Å². The summed E-state index contributed by atoms with van der Waals surface area (Å²) in [5.74, 6) is -2.32. The molecule has 0 aliphatic heterocycles. The van der Waals surface area contributed by atoms with E-state index in [4.69, 9.17) is 5.11 Å². The van der Waals surface area contributed by atoms with Crippen LogP contribution < -0.4 is 16.2 Å². The number of aliphatic hydroxyl groups is 1. The van der Waals surface area contributed by atoms with E-state index in [0.29, 0.717) is 6.07 Å². The lowest BCUT2D eigenvalue weighted by Gasteiger charge is -2.10. The molecule has 0 radical (unpaired) electrons. The molecule has 0 bridgehead atoms. The molecular weight excluding hydrogens is 260 g/mol. The molecule has 3 amide bonds. The number of hydrogen-bond donors (Lipinski definition) is 4. The minimum absolute atomic E-state index is 0.189. The number of anilines is 1. The predicted molar refractivity (Wildman–Crippen MR) is 63.0 cm³/mol. The quantitative estimate of drug-likeness (QED) is 0.616. The smallest absolute Gasteiger partial charge is 0.338 e. The van der Waals surface area contributed by atoms with E-state index < -0.39 is 29.7 Å². The Balaban J connectivity index is 2.45. The highest BCUT2D eigenvalue weighted by Crippen LogP contribution is 2.14. The van der Waals surface area contributed by atoms with Gasteiger partial charge in [-0.2, -0.15) is 0 Å². The summed E-state index contributed by atoms with van der Waals surface area (Å²) in [4.78, 5) is 22.4. The van der Waals surface area contributed by atoms with Gasteiger partial charge in [0, 0.05) is 6.07 Å². The van der Waals surface area contributed by atoms with Crippen molar-refractivity contribution in [2.24, 2.45) is 0 Å². The molecule has 0 fully saturated rings. The molecule has 0 spiro atoms. The molecule has 0 saturated heterocycles. The van der Waals surface area contributed by atoms with Gasteiger partial charge in [-0.15, -0.1) is 0 Å². The number of carbonyl (C=O) groups excluding carboxylic acids is 2. The minimum Gasteiger partial charge on any atom is -0.393 e. The molecule has 0 saturated carbocycles. The molecule has 104 valence electrons. The van der Waals surface area contributed by atoms with Gasteiger partial charge in [0.05, 0.1) is 18.2 Å². The van der Waals surface area contributed by atoms with Crippen LogP contribution in [0.4, 0.5) is 19.3 Å². The standard InChI is InChI=1S/C11H13F2N3O3/c1-6(17)4-10(18)15-16-11(19)14-9-3-2-7(12)5-8(9)13/h2-3,5-6,17H,4H2,1H3,(H,15,18)(H2,14,16,19)/t6-/m0/s1. The van der Waals surface area contributed by atoms with Gasteiger partial charge in [-0.3, -0.25) is 10.2 Å². The molecule has 0 aliphatic carbocycles. The Kier molecular flexibility index (Phi) is 5.19. The Labute approximate surface area is 107 Å². The lowest BCUT2D eigenvalue weighted by atomic mass is 10.3. The Morgan fingerprint density at radius 3 is 2.58 bits per heavy atom. The van der Waals surface area contributed by atoms with Crippen LogP contribution in [-0.4, -0.2) is 23.1 Å². The van der Waals surface area contributed by atoms with Crippen LogP contribution in [0.15, 0.2) is 18.2 Å². The maximum atomic E-state index is 13.2. The molecule has 1 aromatic carbocycles. The molecule has 4 N–H and O–H groups in total. The number of benzene rings is 1. The topological polar surface area (TPSA) is 90.5 Å². The fraction of sp³-hybridized carbons (Fsp3) is 0.273. The highest BCUT2D eigenvalue weighted by molar-refractivity contribution is 5.91. The third kappa shape index (κ3) is 5.30. The van der Waals surface area contributed by atoms with Gasteiger partial charge in [-0.1, -0.05) is 0 Å². The van der Waals surface area contributed by atoms with Crippen LogP contribution in [0.2, 0.25) is 0 Å². The van der Waals surface area contributed by atoms with Crippen LogP contribution in [0, 0.1) is 11.6 Å². The van der Waals surface area contributed by atoms with E-state index in [1.807, 2.05) is 10.9 Å². The van der Waals surface area contributed by atoms with Crippen molar-refractivity contribution in [2.45, 2.75) is 19.4 Å². The van der Waals surface area contributed by atoms with E-state index >= 15 is 0 Å². The summed E-state index contributed by atoms with van der Waals surface area (Å²) in [5.41, 5.74) is 3.73. The molecule has 0 aromatic heterocycles. The number of halogens is 2. The van der Waals surface area contributed by atoms with Gasteiger partial charge < -0.3 is 10.4 Å². The third-order valence-electron chi connectivity index (χ3n) is 1.98. The predicted octanol–water partition coefficient (Wildman–Crippen LogP) is 0.888. The molecule has 19 heavy (non-hydrogen) atoms. The highest BCUT2D eigenvalue weighted by Gasteiger charge is 2.09. The first-order valence-corrected chi connectivity index (χ1v) is 5.37. The van der Waals surface area contributed by atoms with Crippen molar-refractivity contribution in [1.29, 1.82) is 0 Å². The molecule has 0 aliphatic rings. The number of urea groups is 1. The van der Waals surface area contributed by atoms with Gasteiger partial charge in [-0.05, 0) is 19.1 Å². The number of rotatable bonds is 3. The summed E-state index contributed by atoms with van der Waals surface area (Å²) < 4.78 is 25.8. The van der Waals surface area contributed by atoms with Crippen LogP contribution in [0.1, 0.15) is 13.3 Å². The van der Waals surface area contributed by atoms with E-state index in [9.17, 15) is 18.4 Å². The van der Waals surface area contributed by atoms with Crippen LogP contribution in [0.5, 0.6) is 0 Å². The first-order chi connectivity index (χ1) is 8.88. The van der Waals surface area contributed by atoms with E-state index in [-0.39, 0.29) is 12.1 Å². The normalized spacial score (nSPS) is 11.6. The summed E-state index contributed by atoms with van der Waals surface area (Å²) >= 11 is 0. The number of aliphatic hydroxyl groups excluding tert-OH is 1. The van der Waals surface area contributed by atoms with Crippen LogP contribution in [-0.2, 0) is 4.79 Å². The van der Waals surface area contributed by atoms with Crippen molar-refractivity contribution < 1.29 is 23.5 Å². The summed E-state index contributed by atoms with van der Waals surface area (Å²) in [7, 11) is 0. The van der Waals surface area contributed by atoms with Gasteiger partial charge >= 0.3 is 6.03 Å². The van der Waals surface area contributed by atoms with Gasteiger partial charge in [0.25, 0.3) is 0 Å². The Morgan fingerprint density at radius 1 is 1.32 bits per heavy atom. The third-order valence-corrected chi connectivity index (χ3v) is 1.98. The maximum absolute atomic E-state index is 13.2. The SMILES string of the molecule is C[C@H](O)CC(=O)NNC(=O)Nc1ccc(F)cc1F. The zero-order valence-corrected chi connectivity index (χ0v) is 10.0. The fourth-order valence-electron chi connectivity index (χ4n) is 1.19. The van der Waals surface area contributed by atoms with E-state index in [1.54, 1.807) is 0 Å². The molecule has 1 atom stereocenters.